The fourth-order valence-electron chi connectivity index (χ4n) is 2.07. The molecule has 2 aromatic carbocycles. The van der Waals surface area contributed by atoms with Gasteiger partial charge in [0.25, 0.3) is 0 Å². The summed E-state index contributed by atoms with van der Waals surface area (Å²) < 4.78 is 20.2. The summed E-state index contributed by atoms with van der Waals surface area (Å²) >= 11 is 8.49. The smallest absolute Gasteiger partial charge is 0.123 e. The standard InChI is InChI=1S/C16H15BrFNOS/c1-9-5-13(6-10(2)15(9)17)20-8-11-7-12(18)3-4-14(11)16(19)21/h3-7H,8H2,1-2H3,(H2,19,21). The maximum Gasteiger partial charge on any atom is 0.123 e. The van der Waals surface area contributed by atoms with Crippen LogP contribution >= 0.6 is 28.1 Å². The number of hydrogen-bond acceptors (Lipinski definition) is 2. The minimum atomic E-state index is -0.336. The highest BCUT2D eigenvalue weighted by atomic mass is 79.9. The molecule has 0 spiro atoms. The number of ether oxygens (including phenoxy) is 1. The molecule has 0 saturated carbocycles. The minimum absolute atomic E-state index is 0.213. The van der Waals surface area contributed by atoms with Crippen LogP contribution in [-0.4, -0.2) is 4.99 Å². The lowest BCUT2D eigenvalue weighted by Crippen LogP contribution is -2.14. The molecule has 2 N–H and O–H groups in total. The summed E-state index contributed by atoms with van der Waals surface area (Å²) in [5.74, 6) is 0.392. The van der Waals surface area contributed by atoms with Gasteiger partial charge < -0.3 is 10.5 Å². The molecule has 5 heteroatoms. The van der Waals surface area contributed by atoms with Crippen LogP contribution in [0, 0.1) is 19.7 Å². The Morgan fingerprint density at radius 3 is 2.43 bits per heavy atom. The Morgan fingerprint density at radius 1 is 1.24 bits per heavy atom. The quantitative estimate of drug-likeness (QED) is 0.812. The Kier molecular flexibility index (Phi) is 4.96. The molecular formula is C16H15BrFNOS. The van der Waals surface area contributed by atoms with Crippen LogP contribution < -0.4 is 10.5 Å². The SMILES string of the molecule is Cc1cc(OCc2cc(F)ccc2C(N)=S)cc(C)c1Br. The molecule has 0 aliphatic heterocycles. The Bertz CT molecular complexity index is 680. The van der Waals surface area contributed by atoms with Gasteiger partial charge in [0.15, 0.2) is 0 Å². The highest BCUT2D eigenvalue weighted by Gasteiger charge is 2.09. The van der Waals surface area contributed by atoms with Crippen LogP contribution in [-0.2, 0) is 6.61 Å². The van der Waals surface area contributed by atoms with Crippen LogP contribution in [0.1, 0.15) is 22.3 Å². The first-order valence-corrected chi connectivity index (χ1v) is 7.56. The van der Waals surface area contributed by atoms with Crippen LogP contribution in [0.3, 0.4) is 0 Å². The lowest BCUT2D eigenvalue weighted by molar-refractivity contribution is 0.305. The van der Waals surface area contributed by atoms with Gasteiger partial charge in [0.2, 0.25) is 0 Å². The fraction of sp³-hybridized carbons (Fsp3) is 0.188. The van der Waals surface area contributed by atoms with Crippen LogP contribution in [0.2, 0.25) is 0 Å². The maximum absolute atomic E-state index is 13.4. The first kappa shape index (κ1) is 15.9. The average molecular weight is 368 g/mol. The molecule has 2 nitrogen and oxygen atoms in total. The molecular weight excluding hydrogens is 353 g/mol. The Labute approximate surface area is 137 Å². The molecule has 0 aliphatic rings. The lowest BCUT2D eigenvalue weighted by Gasteiger charge is -2.12. The van der Waals surface area contributed by atoms with Crippen molar-refractivity contribution >= 4 is 33.1 Å². The van der Waals surface area contributed by atoms with Gasteiger partial charge in [0.1, 0.15) is 23.2 Å². The molecule has 0 unspecified atom stereocenters. The van der Waals surface area contributed by atoms with Gasteiger partial charge >= 0.3 is 0 Å². The number of halogens is 2. The molecule has 110 valence electrons. The van der Waals surface area contributed by atoms with Gasteiger partial charge in [0.05, 0.1) is 0 Å². The topological polar surface area (TPSA) is 35.2 Å². The summed E-state index contributed by atoms with van der Waals surface area (Å²) in [5.41, 5.74) is 9.09. The largest absolute Gasteiger partial charge is 0.489 e. The zero-order valence-corrected chi connectivity index (χ0v) is 14.1. The van der Waals surface area contributed by atoms with Gasteiger partial charge in [-0.2, -0.15) is 0 Å². The van der Waals surface area contributed by atoms with Crippen molar-refractivity contribution in [3.63, 3.8) is 0 Å². The van der Waals surface area contributed by atoms with E-state index >= 15 is 0 Å². The van der Waals surface area contributed by atoms with Crippen LogP contribution in [0.25, 0.3) is 0 Å². The molecule has 2 aromatic rings. The first-order chi connectivity index (χ1) is 9.88. The second-order valence-corrected chi connectivity index (χ2v) is 6.06. The van der Waals surface area contributed by atoms with E-state index in [9.17, 15) is 4.39 Å². The van der Waals surface area contributed by atoms with E-state index in [4.69, 9.17) is 22.7 Å². The van der Waals surface area contributed by atoms with Gasteiger partial charge in [-0.05, 0) is 55.3 Å². The van der Waals surface area contributed by atoms with E-state index in [-0.39, 0.29) is 17.4 Å². The normalized spacial score (nSPS) is 10.5. The van der Waals surface area contributed by atoms with E-state index in [0.29, 0.717) is 11.1 Å². The van der Waals surface area contributed by atoms with Crippen LogP contribution in [0.5, 0.6) is 5.75 Å². The van der Waals surface area contributed by atoms with Crippen molar-refractivity contribution in [1.82, 2.24) is 0 Å². The summed E-state index contributed by atoms with van der Waals surface area (Å²) in [6, 6.07) is 8.17. The highest BCUT2D eigenvalue weighted by Crippen LogP contribution is 2.27. The molecule has 21 heavy (non-hydrogen) atoms. The number of rotatable bonds is 4. The molecule has 0 fully saturated rings. The minimum Gasteiger partial charge on any atom is -0.489 e. The number of hydrogen-bond donors (Lipinski definition) is 1. The van der Waals surface area contributed by atoms with Crippen molar-refractivity contribution in [2.24, 2.45) is 5.73 Å². The number of benzene rings is 2. The highest BCUT2D eigenvalue weighted by molar-refractivity contribution is 9.10. The van der Waals surface area contributed by atoms with Crippen molar-refractivity contribution < 1.29 is 9.13 Å². The summed E-state index contributed by atoms with van der Waals surface area (Å²) in [5, 5.41) is 0. The second-order valence-electron chi connectivity index (χ2n) is 4.83. The van der Waals surface area contributed by atoms with Crippen molar-refractivity contribution in [2.45, 2.75) is 20.5 Å². The van der Waals surface area contributed by atoms with Crippen molar-refractivity contribution in [2.75, 3.05) is 0 Å². The molecule has 0 aromatic heterocycles. The molecule has 0 amide bonds. The average Bonchev–Trinajstić information content (AvgIpc) is 2.42. The molecule has 0 atom stereocenters. The Hall–Kier alpha value is -1.46. The molecule has 0 aliphatic carbocycles. The van der Waals surface area contributed by atoms with Gasteiger partial charge in [-0.3, -0.25) is 0 Å². The third-order valence-corrected chi connectivity index (χ3v) is 4.61. The van der Waals surface area contributed by atoms with E-state index in [1.54, 1.807) is 6.07 Å². The van der Waals surface area contributed by atoms with E-state index in [1.165, 1.54) is 12.1 Å². The predicted octanol–water partition coefficient (Wildman–Crippen LogP) is 4.42. The van der Waals surface area contributed by atoms with Gasteiger partial charge in [-0.25, -0.2) is 4.39 Å². The van der Waals surface area contributed by atoms with Crippen molar-refractivity contribution in [3.8, 4) is 5.75 Å². The van der Waals surface area contributed by atoms with E-state index < -0.39 is 0 Å². The van der Waals surface area contributed by atoms with E-state index in [2.05, 4.69) is 15.9 Å². The second kappa shape index (κ2) is 6.54. The van der Waals surface area contributed by atoms with E-state index in [1.807, 2.05) is 26.0 Å². The molecule has 0 saturated heterocycles. The summed E-state index contributed by atoms with van der Waals surface area (Å²) in [6.45, 7) is 4.20. The van der Waals surface area contributed by atoms with Crippen LogP contribution in [0.15, 0.2) is 34.8 Å². The van der Waals surface area contributed by atoms with Gasteiger partial charge in [-0.15, -0.1) is 0 Å². The molecule has 0 bridgehead atoms. The first-order valence-electron chi connectivity index (χ1n) is 6.36. The summed E-state index contributed by atoms with van der Waals surface area (Å²) in [4.78, 5) is 0.233. The van der Waals surface area contributed by atoms with Crippen molar-refractivity contribution in [3.05, 3.63) is 62.9 Å². The monoisotopic (exact) mass is 367 g/mol. The zero-order chi connectivity index (χ0) is 15.6. The van der Waals surface area contributed by atoms with Crippen LogP contribution in [0.4, 0.5) is 4.39 Å². The van der Waals surface area contributed by atoms with Crippen molar-refractivity contribution in [1.29, 1.82) is 0 Å². The molecule has 0 heterocycles. The number of nitrogens with two attached hydrogens (primary N) is 1. The lowest BCUT2D eigenvalue weighted by atomic mass is 10.1. The third-order valence-electron chi connectivity index (χ3n) is 3.14. The number of thiocarbonyl (C=S) groups is 1. The van der Waals surface area contributed by atoms with E-state index in [0.717, 1.165) is 21.3 Å². The third kappa shape index (κ3) is 3.80. The molecule has 0 radical (unpaired) electrons. The summed E-state index contributed by atoms with van der Waals surface area (Å²) in [7, 11) is 0. The van der Waals surface area contributed by atoms with Gasteiger partial charge in [-0.1, -0.05) is 28.1 Å². The predicted molar refractivity (Wildman–Crippen MR) is 90.2 cm³/mol. The zero-order valence-electron chi connectivity index (χ0n) is 11.7. The Morgan fingerprint density at radius 2 is 1.86 bits per heavy atom. The van der Waals surface area contributed by atoms with Gasteiger partial charge in [0, 0.05) is 15.6 Å². The number of aryl methyl sites for hydroxylation is 2. The fourth-order valence-corrected chi connectivity index (χ4v) is 2.50. The molecule has 2 rings (SSSR count). The summed E-state index contributed by atoms with van der Waals surface area (Å²) in [6.07, 6.45) is 0. The maximum atomic E-state index is 13.4. The Balaban J connectivity index is 2.24.